The molecule has 1 aliphatic rings. The fourth-order valence-corrected chi connectivity index (χ4v) is 5.05. The van der Waals surface area contributed by atoms with E-state index in [-0.39, 0.29) is 5.92 Å². The fraction of sp³-hybridized carbons (Fsp3) is 0.143. The Morgan fingerprint density at radius 1 is 1.06 bits per heavy atom. The molecular formula is C28H23ClN2O3S. The van der Waals surface area contributed by atoms with Crippen molar-refractivity contribution in [3.63, 3.8) is 0 Å². The van der Waals surface area contributed by atoms with Gasteiger partial charge in [0.25, 0.3) is 0 Å². The first-order chi connectivity index (χ1) is 17.0. The van der Waals surface area contributed by atoms with Crippen molar-refractivity contribution in [2.24, 2.45) is 0 Å². The van der Waals surface area contributed by atoms with Crippen LogP contribution in [0.15, 0.2) is 102 Å². The van der Waals surface area contributed by atoms with Crippen LogP contribution in [-0.4, -0.2) is 21.6 Å². The monoisotopic (exact) mass is 502 g/mol. The number of halogens is 1. The van der Waals surface area contributed by atoms with E-state index in [1.165, 1.54) is 11.9 Å². The molecule has 0 radical (unpaired) electrons. The smallest absolute Gasteiger partial charge is 0.325 e. The van der Waals surface area contributed by atoms with Crippen LogP contribution in [-0.2, 0) is 11.4 Å². The third-order valence-corrected chi connectivity index (χ3v) is 7.34. The third-order valence-electron chi connectivity index (χ3n) is 6.11. The van der Waals surface area contributed by atoms with Crippen LogP contribution in [0.4, 0.5) is 0 Å². The molecule has 1 saturated carbocycles. The number of benzene rings is 3. The van der Waals surface area contributed by atoms with Crippen LogP contribution in [0, 0.1) is 0 Å². The summed E-state index contributed by atoms with van der Waals surface area (Å²) in [5.41, 5.74) is 3.06. The van der Waals surface area contributed by atoms with Crippen LogP contribution in [0.3, 0.4) is 0 Å². The van der Waals surface area contributed by atoms with Crippen molar-refractivity contribution in [3.8, 4) is 16.9 Å². The van der Waals surface area contributed by atoms with E-state index in [4.69, 9.17) is 16.3 Å². The van der Waals surface area contributed by atoms with Gasteiger partial charge in [0, 0.05) is 33.8 Å². The maximum absolute atomic E-state index is 12.2. The van der Waals surface area contributed by atoms with Crippen LogP contribution in [0.25, 0.3) is 11.1 Å². The van der Waals surface area contributed by atoms with Gasteiger partial charge in [-0.05, 0) is 77.5 Å². The van der Waals surface area contributed by atoms with E-state index in [1.54, 1.807) is 12.4 Å². The van der Waals surface area contributed by atoms with Gasteiger partial charge in [-0.1, -0.05) is 54.1 Å². The van der Waals surface area contributed by atoms with Gasteiger partial charge in [-0.15, -0.1) is 0 Å². The summed E-state index contributed by atoms with van der Waals surface area (Å²) in [6.45, 7) is 0.409. The number of carboxylic acid groups (broad SMARTS) is 1. The number of carboxylic acids is 1. The first-order valence-electron chi connectivity index (χ1n) is 11.2. The Morgan fingerprint density at radius 3 is 2.49 bits per heavy atom. The van der Waals surface area contributed by atoms with Crippen molar-refractivity contribution in [2.45, 2.75) is 29.4 Å². The molecule has 4 aromatic rings. The molecule has 5 rings (SSSR count). The summed E-state index contributed by atoms with van der Waals surface area (Å²) in [6, 6.07) is 27.2. The number of rotatable bonds is 9. The van der Waals surface area contributed by atoms with E-state index >= 15 is 0 Å². The highest BCUT2D eigenvalue weighted by Gasteiger charge is 2.61. The van der Waals surface area contributed by atoms with Crippen LogP contribution in [0.5, 0.6) is 5.75 Å². The summed E-state index contributed by atoms with van der Waals surface area (Å²) in [5.74, 6) is -0.278. The summed E-state index contributed by atoms with van der Waals surface area (Å²) in [6.07, 6.45) is 4.01. The Balaban J connectivity index is 1.23. The van der Waals surface area contributed by atoms with Gasteiger partial charge < -0.3 is 9.84 Å². The molecule has 1 aromatic heterocycles. The average molecular weight is 503 g/mol. The Morgan fingerprint density at radius 2 is 1.80 bits per heavy atom. The van der Waals surface area contributed by atoms with Gasteiger partial charge >= 0.3 is 5.97 Å². The Labute approximate surface area is 213 Å². The molecule has 5 nitrogen and oxygen atoms in total. The quantitative estimate of drug-likeness (QED) is 0.252. The van der Waals surface area contributed by atoms with Gasteiger partial charge in [0.05, 0.1) is 0 Å². The Bertz CT molecular complexity index is 1320. The molecule has 2 N–H and O–H groups in total. The lowest BCUT2D eigenvalue weighted by molar-refractivity contribution is -0.140. The molecule has 0 aliphatic heterocycles. The molecule has 1 fully saturated rings. The number of aromatic nitrogens is 1. The standard InChI is InChI=1S/C28H23ClN2O3S/c29-23-10-6-20(7-11-23)21-8-12-25(13-9-21)35-31-28(27(32)33)16-26(28)22-4-1-5-24(15-22)34-18-19-3-2-14-30-17-19/h1-15,17,26,31H,16,18H2,(H,32,33). The number of nitrogens with zero attached hydrogens (tertiary/aromatic N) is 1. The van der Waals surface area contributed by atoms with Crippen LogP contribution in [0.2, 0.25) is 5.02 Å². The highest BCUT2D eigenvalue weighted by atomic mass is 35.5. The second-order valence-corrected chi connectivity index (χ2v) is 9.81. The van der Waals surface area contributed by atoms with Crippen molar-refractivity contribution in [1.82, 2.24) is 9.71 Å². The van der Waals surface area contributed by atoms with Crippen LogP contribution >= 0.6 is 23.5 Å². The molecule has 0 saturated heterocycles. The normalized spacial score (nSPS) is 18.7. The van der Waals surface area contributed by atoms with Crippen molar-refractivity contribution in [2.75, 3.05) is 0 Å². The summed E-state index contributed by atoms with van der Waals surface area (Å²) in [4.78, 5) is 17.3. The summed E-state index contributed by atoms with van der Waals surface area (Å²) >= 11 is 7.32. The zero-order chi connectivity index (χ0) is 24.3. The second-order valence-electron chi connectivity index (χ2n) is 8.49. The molecule has 176 valence electrons. The summed E-state index contributed by atoms with van der Waals surface area (Å²) in [5, 5.41) is 10.7. The highest BCUT2D eigenvalue weighted by Crippen LogP contribution is 2.53. The Hall–Kier alpha value is -3.32. The summed E-state index contributed by atoms with van der Waals surface area (Å²) in [7, 11) is 0. The van der Waals surface area contributed by atoms with E-state index in [9.17, 15) is 9.90 Å². The molecule has 7 heteroatoms. The molecule has 35 heavy (non-hydrogen) atoms. The van der Waals surface area contributed by atoms with E-state index in [1.807, 2.05) is 84.9 Å². The molecule has 2 atom stereocenters. The van der Waals surface area contributed by atoms with E-state index in [0.717, 1.165) is 27.1 Å². The molecule has 1 aliphatic carbocycles. The molecule has 1 heterocycles. The zero-order valence-corrected chi connectivity index (χ0v) is 20.3. The Kier molecular flexibility index (Phi) is 6.77. The van der Waals surface area contributed by atoms with Gasteiger partial charge in [0.1, 0.15) is 17.9 Å². The van der Waals surface area contributed by atoms with E-state index in [0.29, 0.717) is 23.8 Å². The molecule has 0 spiro atoms. The predicted octanol–water partition coefficient (Wildman–Crippen LogP) is 6.59. The van der Waals surface area contributed by atoms with Crippen molar-refractivity contribution < 1.29 is 14.6 Å². The minimum atomic E-state index is -1.01. The van der Waals surface area contributed by atoms with Gasteiger partial charge in [0.15, 0.2) is 0 Å². The third kappa shape index (κ3) is 5.35. The largest absolute Gasteiger partial charge is 0.489 e. The van der Waals surface area contributed by atoms with Gasteiger partial charge in [-0.3, -0.25) is 9.78 Å². The minimum absolute atomic E-state index is 0.136. The molecule has 0 amide bonds. The number of nitrogens with one attached hydrogen (secondary N) is 1. The predicted molar refractivity (Wildman–Crippen MR) is 139 cm³/mol. The second kappa shape index (κ2) is 10.1. The maximum atomic E-state index is 12.2. The molecule has 3 aromatic carbocycles. The highest BCUT2D eigenvalue weighted by molar-refractivity contribution is 7.97. The number of pyridine rings is 1. The topological polar surface area (TPSA) is 71.5 Å². The number of aliphatic carboxylic acids is 1. The van der Waals surface area contributed by atoms with Crippen molar-refractivity contribution in [1.29, 1.82) is 0 Å². The van der Waals surface area contributed by atoms with E-state index < -0.39 is 11.5 Å². The molecule has 2 unspecified atom stereocenters. The number of hydrogen-bond acceptors (Lipinski definition) is 5. The fourth-order valence-electron chi connectivity index (χ4n) is 4.04. The van der Waals surface area contributed by atoms with Gasteiger partial charge in [-0.2, -0.15) is 0 Å². The number of hydrogen-bond donors (Lipinski definition) is 2. The van der Waals surface area contributed by atoms with Crippen molar-refractivity contribution >= 4 is 29.5 Å². The lowest BCUT2D eigenvalue weighted by Crippen LogP contribution is -2.36. The number of carbonyl (C=O) groups is 1. The van der Waals surface area contributed by atoms with Gasteiger partial charge in [-0.25, -0.2) is 4.72 Å². The summed E-state index contributed by atoms with van der Waals surface area (Å²) < 4.78 is 9.13. The lowest BCUT2D eigenvalue weighted by Gasteiger charge is -2.15. The zero-order valence-electron chi connectivity index (χ0n) is 18.7. The lowest BCUT2D eigenvalue weighted by atomic mass is 10.1. The molecule has 0 bridgehead atoms. The first-order valence-corrected chi connectivity index (χ1v) is 12.4. The molecular weight excluding hydrogens is 480 g/mol. The van der Waals surface area contributed by atoms with Crippen molar-refractivity contribution in [3.05, 3.63) is 113 Å². The minimum Gasteiger partial charge on any atom is -0.489 e. The SMILES string of the molecule is O=C(O)C1(NSc2ccc(-c3ccc(Cl)cc3)cc2)CC1c1cccc(OCc2cccnc2)c1. The van der Waals surface area contributed by atoms with E-state index in [2.05, 4.69) is 9.71 Å². The van der Waals surface area contributed by atoms with Crippen LogP contribution in [0.1, 0.15) is 23.5 Å². The maximum Gasteiger partial charge on any atom is 0.325 e. The van der Waals surface area contributed by atoms with Crippen LogP contribution < -0.4 is 9.46 Å². The number of ether oxygens (including phenoxy) is 1. The average Bonchev–Trinajstić information content (AvgIpc) is 3.64. The van der Waals surface area contributed by atoms with Gasteiger partial charge in [0.2, 0.25) is 0 Å². The first kappa shape index (κ1) is 23.4.